The van der Waals surface area contributed by atoms with Crippen LogP contribution >= 0.6 is 0 Å². The fourth-order valence-electron chi connectivity index (χ4n) is 1.04. The minimum Gasteiger partial charge on any atom is -0.373 e. The number of H-pyrrole nitrogens is 1. The Morgan fingerprint density at radius 2 is 2.64 bits per heavy atom. The van der Waals surface area contributed by atoms with Gasteiger partial charge >= 0.3 is 5.69 Å². The van der Waals surface area contributed by atoms with Crippen molar-refractivity contribution < 1.29 is 4.74 Å². The van der Waals surface area contributed by atoms with Gasteiger partial charge in [-0.05, 0) is 6.42 Å². The number of aromatic amines is 1. The molecule has 1 aromatic rings. The lowest BCUT2D eigenvalue weighted by molar-refractivity contribution is 0.384. The van der Waals surface area contributed by atoms with Gasteiger partial charge in [0.2, 0.25) is 0 Å². The van der Waals surface area contributed by atoms with Crippen molar-refractivity contribution in [1.82, 2.24) is 9.55 Å². The highest BCUT2D eigenvalue weighted by molar-refractivity contribution is 4.77. The van der Waals surface area contributed by atoms with Gasteiger partial charge in [-0.25, -0.2) is 4.79 Å². The maximum Gasteiger partial charge on any atom is 0.325 e. The van der Waals surface area contributed by atoms with Gasteiger partial charge in [0.15, 0.2) is 0 Å². The van der Waals surface area contributed by atoms with E-state index in [9.17, 15) is 4.79 Å². The minimum absolute atomic E-state index is 0.0364. The molecule has 1 aromatic heterocycles. The Bertz CT molecular complexity index is 285. The summed E-state index contributed by atoms with van der Waals surface area (Å²) in [6.07, 6.45) is 4.75. The van der Waals surface area contributed by atoms with Gasteiger partial charge in [-0.2, -0.15) is 0 Å². The van der Waals surface area contributed by atoms with E-state index in [0.717, 1.165) is 19.6 Å². The molecule has 0 aliphatic carbocycles. The summed E-state index contributed by atoms with van der Waals surface area (Å²) in [7, 11) is 0. The molecule has 0 bridgehead atoms. The highest BCUT2D eigenvalue weighted by atomic mass is 16.6. The van der Waals surface area contributed by atoms with E-state index >= 15 is 0 Å². The average molecular weight is 154 g/mol. The summed E-state index contributed by atoms with van der Waals surface area (Å²) in [6, 6.07) is 0. The first-order chi connectivity index (χ1) is 5.36. The molecule has 1 N–H and O–H groups in total. The molecule has 0 amide bonds. The summed E-state index contributed by atoms with van der Waals surface area (Å²) in [5, 5.41) is 0. The largest absolute Gasteiger partial charge is 0.373 e. The number of nitrogens with zero attached hydrogens (tertiary/aromatic N) is 1. The van der Waals surface area contributed by atoms with Crippen LogP contribution in [-0.2, 0) is 11.3 Å². The maximum atomic E-state index is 10.9. The Labute approximate surface area is 63.8 Å². The zero-order valence-corrected chi connectivity index (χ0v) is 6.12. The molecule has 1 unspecified atom stereocenters. The van der Waals surface area contributed by atoms with Crippen molar-refractivity contribution in [2.45, 2.75) is 19.1 Å². The van der Waals surface area contributed by atoms with Crippen molar-refractivity contribution in [2.24, 2.45) is 0 Å². The average Bonchev–Trinajstić information content (AvgIpc) is 2.73. The van der Waals surface area contributed by atoms with Crippen LogP contribution in [0.25, 0.3) is 0 Å². The van der Waals surface area contributed by atoms with E-state index < -0.39 is 0 Å². The molecule has 0 spiro atoms. The molecule has 0 saturated carbocycles. The monoisotopic (exact) mass is 154 g/mol. The Kier molecular flexibility index (Phi) is 1.54. The van der Waals surface area contributed by atoms with Crippen LogP contribution in [0.4, 0.5) is 0 Å². The number of epoxide rings is 1. The first kappa shape index (κ1) is 6.67. The predicted octanol–water partition coefficient (Wildman–Crippen LogP) is -0.0347. The zero-order valence-electron chi connectivity index (χ0n) is 6.12. The van der Waals surface area contributed by atoms with Crippen LogP contribution in [-0.4, -0.2) is 22.3 Å². The molecule has 2 heterocycles. The number of hydrogen-bond acceptors (Lipinski definition) is 2. The fourth-order valence-corrected chi connectivity index (χ4v) is 1.04. The molecule has 11 heavy (non-hydrogen) atoms. The molecule has 1 atom stereocenters. The molecule has 1 aliphatic rings. The number of imidazole rings is 1. The van der Waals surface area contributed by atoms with Crippen molar-refractivity contribution in [2.75, 3.05) is 6.61 Å². The highest BCUT2D eigenvalue weighted by Crippen LogP contribution is 2.13. The lowest BCUT2D eigenvalue weighted by Crippen LogP contribution is -2.16. The first-order valence-corrected chi connectivity index (χ1v) is 3.72. The lowest BCUT2D eigenvalue weighted by atomic mass is 10.3. The van der Waals surface area contributed by atoms with Crippen molar-refractivity contribution in [1.29, 1.82) is 0 Å². The molecule has 60 valence electrons. The maximum absolute atomic E-state index is 10.9. The molecule has 4 nitrogen and oxygen atoms in total. The third-order valence-electron chi connectivity index (χ3n) is 1.82. The summed E-state index contributed by atoms with van der Waals surface area (Å²) >= 11 is 0. The molecule has 4 heteroatoms. The van der Waals surface area contributed by atoms with Gasteiger partial charge in [-0.15, -0.1) is 0 Å². The number of nitrogens with one attached hydrogen (secondary N) is 1. The summed E-state index contributed by atoms with van der Waals surface area (Å²) < 4.78 is 6.68. The van der Waals surface area contributed by atoms with Crippen LogP contribution in [0, 0.1) is 0 Å². The molecule has 2 rings (SSSR count). The van der Waals surface area contributed by atoms with Gasteiger partial charge in [0, 0.05) is 18.9 Å². The van der Waals surface area contributed by atoms with E-state index in [2.05, 4.69) is 4.98 Å². The predicted molar refractivity (Wildman–Crippen MR) is 39.4 cm³/mol. The van der Waals surface area contributed by atoms with Gasteiger partial charge in [-0.3, -0.25) is 4.57 Å². The van der Waals surface area contributed by atoms with Gasteiger partial charge in [0.1, 0.15) is 0 Å². The van der Waals surface area contributed by atoms with Crippen LogP contribution in [0.15, 0.2) is 17.2 Å². The van der Waals surface area contributed by atoms with E-state index in [1.807, 2.05) is 0 Å². The molecule has 1 fully saturated rings. The lowest BCUT2D eigenvalue weighted by Gasteiger charge is -1.95. The second-order valence-electron chi connectivity index (χ2n) is 2.70. The van der Waals surface area contributed by atoms with Crippen LogP contribution in [0.5, 0.6) is 0 Å². The fraction of sp³-hybridized carbons (Fsp3) is 0.571. The van der Waals surface area contributed by atoms with Crippen LogP contribution in [0.1, 0.15) is 6.42 Å². The van der Waals surface area contributed by atoms with Gasteiger partial charge in [-0.1, -0.05) is 0 Å². The topological polar surface area (TPSA) is 50.3 Å². The quantitative estimate of drug-likeness (QED) is 0.621. The molecule has 1 aliphatic heterocycles. The van der Waals surface area contributed by atoms with Crippen molar-refractivity contribution in [3.8, 4) is 0 Å². The Morgan fingerprint density at radius 1 is 1.82 bits per heavy atom. The van der Waals surface area contributed by atoms with E-state index in [0.29, 0.717) is 6.10 Å². The Hall–Kier alpha value is -1.03. The van der Waals surface area contributed by atoms with Gasteiger partial charge in [0.25, 0.3) is 0 Å². The molecule has 0 aromatic carbocycles. The minimum atomic E-state index is -0.0364. The Morgan fingerprint density at radius 3 is 3.18 bits per heavy atom. The first-order valence-electron chi connectivity index (χ1n) is 3.72. The molecular formula is C7H10N2O2. The smallest absolute Gasteiger partial charge is 0.325 e. The van der Waals surface area contributed by atoms with Gasteiger partial charge < -0.3 is 9.72 Å². The highest BCUT2D eigenvalue weighted by Gasteiger charge is 2.21. The molecular weight excluding hydrogens is 144 g/mol. The summed E-state index contributed by atoms with van der Waals surface area (Å²) in [6.45, 7) is 1.62. The summed E-state index contributed by atoms with van der Waals surface area (Å²) in [5.74, 6) is 0. The normalized spacial score (nSPS) is 22.0. The van der Waals surface area contributed by atoms with Crippen molar-refractivity contribution in [3.63, 3.8) is 0 Å². The van der Waals surface area contributed by atoms with E-state index in [4.69, 9.17) is 4.74 Å². The number of rotatable bonds is 3. The van der Waals surface area contributed by atoms with Crippen molar-refractivity contribution >= 4 is 0 Å². The van der Waals surface area contributed by atoms with Crippen LogP contribution in [0.3, 0.4) is 0 Å². The molecule has 1 saturated heterocycles. The third kappa shape index (κ3) is 1.51. The zero-order chi connectivity index (χ0) is 7.68. The third-order valence-corrected chi connectivity index (χ3v) is 1.82. The number of ether oxygens (including phenoxy) is 1. The van der Waals surface area contributed by atoms with E-state index in [1.54, 1.807) is 17.0 Å². The standard InChI is InChI=1S/C7H10N2O2/c10-7-8-2-4-9(7)3-1-6-5-11-6/h2,4,6H,1,3,5H2,(H,8,10). The number of hydrogen-bond donors (Lipinski definition) is 1. The number of aromatic nitrogens is 2. The Balaban J connectivity index is 1.94. The van der Waals surface area contributed by atoms with Gasteiger partial charge in [0.05, 0.1) is 12.7 Å². The SMILES string of the molecule is O=c1[nH]ccn1CCC1CO1. The van der Waals surface area contributed by atoms with Crippen molar-refractivity contribution in [3.05, 3.63) is 22.9 Å². The number of aryl methyl sites for hydroxylation is 1. The van der Waals surface area contributed by atoms with E-state index in [1.165, 1.54) is 0 Å². The molecule has 0 radical (unpaired) electrons. The summed E-state index contributed by atoms with van der Waals surface area (Å²) in [5.41, 5.74) is -0.0364. The van der Waals surface area contributed by atoms with E-state index in [-0.39, 0.29) is 5.69 Å². The summed E-state index contributed by atoms with van der Waals surface area (Å²) in [4.78, 5) is 13.5. The van der Waals surface area contributed by atoms with Crippen LogP contribution < -0.4 is 5.69 Å². The second kappa shape index (κ2) is 2.54. The second-order valence-corrected chi connectivity index (χ2v) is 2.70. The van der Waals surface area contributed by atoms with Crippen LogP contribution in [0.2, 0.25) is 0 Å².